The van der Waals surface area contributed by atoms with Crippen molar-refractivity contribution in [3.8, 4) is 0 Å². The van der Waals surface area contributed by atoms with Gasteiger partial charge in [0.05, 0.1) is 12.2 Å². The second kappa shape index (κ2) is 9.55. The summed E-state index contributed by atoms with van der Waals surface area (Å²) in [5, 5.41) is 6.30. The molecule has 2 heterocycles. The molecule has 28 heavy (non-hydrogen) atoms. The van der Waals surface area contributed by atoms with Crippen LogP contribution in [0.1, 0.15) is 31.2 Å². The fraction of sp³-hybridized carbons (Fsp3) is 0.647. The van der Waals surface area contributed by atoms with E-state index in [4.69, 9.17) is 0 Å². The van der Waals surface area contributed by atoms with Crippen LogP contribution in [0.25, 0.3) is 0 Å². The van der Waals surface area contributed by atoms with E-state index in [9.17, 15) is 21.6 Å². The summed E-state index contributed by atoms with van der Waals surface area (Å²) >= 11 is 0. The highest BCUT2D eigenvalue weighted by Gasteiger charge is 2.50. The smallest absolute Gasteiger partial charge is 0.357 e. The van der Waals surface area contributed by atoms with Crippen molar-refractivity contribution in [2.75, 3.05) is 26.2 Å². The number of alkyl halides is 3. The lowest BCUT2D eigenvalue weighted by molar-refractivity contribution is -0.0496. The number of aromatic nitrogens is 1. The van der Waals surface area contributed by atoms with Gasteiger partial charge >= 0.3 is 15.5 Å². The van der Waals surface area contributed by atoms with Gasteiger partial charge in [-0.05, 0) is 44.7 Å². The van der Waals surface area contributed by atoms with Crippen LogP contribution in [0, 0.1) is 12.8 Å². The van der Waals surface area contributed by atoms with Crippen molar-refractivity contribution in [1.29, 1.82) is 0 Å². The number of hydrogen-bond acceptors (Lipinski definition) is 4. The normalized spacial score (nSPS) is 17.5. The number of halogens is 3. The summed E-state index contributed by atoms with van der Waals surface area (Å²) in [5.74, 6) is 0.664. The maximum atomic E-state index is 12.6. The van der Waals surface area contributed by atoms with Crippen LogP contribution >= 0.6 is 0 Å². The van der Waals surface area contributed by atoms with Gasteiger partial charge in [0.25, 0.3) is 0 Å². The predicted octanol–water partition coefficient (Wildman–Crippen LogP) is 2.01. The average Bonchev–Trinajstić information content (AvgIpc) is 2.63. The Bertz CT molecular complexity index is 775. The SMILES string of the molecule is CCNC(=NCc1cccc(C)n1)NCC1CCN(S(=O)(=O)C(F)(F)F)CC1. The van der Waals surface area contributed by atoms with Crippen molar-refractivity contribution >= 4 is 16.0 Å². The fourth-order valence-corrected chi connectivity index (χ4v) is 3.91. The molecule has 1 aromatic heterocycles. The van der Waals surface area contributed by atoms with Crippen molar-refractivity contribution in [3.63, 3.8) is 0 Å². The molecule has 0 atom stereocenters. The van der Waals surface area contributed by atoms with Gasteiger partial charge in [-0.3, -0.25) is 4.98 Å². The van der Waals surface area contributed by atoms with Crippen molar-refractivity contribution in [1.82, 2.24) is 19.9 Å². The molecule has 0 spiro atoms. The summed E-state index contributed by atoms with van der Waals surface area (Å²) < 4.78 is 61.3. The lowest BCUT2D eigenvalue weighted by Gasteiger charge is -2.31. The first kappa shape index (κ1) is 22.4. The van der Waals surface area contributed by atoms with Crippen LogP contribution < -0.4 is 10.6 Å². The van der Waals surface area contributed by atoms with E-state index in [1.54, 1.807) is 0 Å². The highest BCUT2D eigenvalue weighted by atomic mass is 32.2. The van der Waals surface area contributed by atoms with E-state index in [0.29, 0.717) is 42.7 Å². The number of guanidine groups is 1. The van der Waals surface area contributed by atoms with E-state index in [1.165, 1.54) is 0 Å². The Morgan fingerprint density at radius 3 is 2.54 bits per heavy atom. The van der Waals surface area contributed by atoms with E-state index in [0.717, 1.165) is 11.4 Å². The lowest BCUT2D eigenvalue weighted by Crippen LogP contribution is -2.47. The van der Waals surface area contributed by atoms with E-state index >= 15 is 0 Å². The van der Waals surface area contributed by atoms with Gasteiger partial charge in [0, 0.05) is 31.9 Å². The summed E-state index contributed by atoms with van der Waals surface area (Å²) in [4.78, 5) is 8.86. The van der Waals surface area contributed by atoms with Gasteiger partial charge < -0.3 is 10.6 Å². The zero-order valence-electron chi connectivity index (χ0n) is 16.0. The number of piperidine rings is 1. The molecular weight excluding hydrogens is 395 g/mol. The number of nitrogens with zero attached hydrogens (tertiary/aromatic N) is 3. The number of rotatable bonds is 6. The van der Waals surface area contributed by atoms with E-state index in [1.807, 2.05) is 32.0 Å². The summed E-state index contributed by atoms with van der Waals surface area (Å²) in [5.41, 5.74) is -3.50. The molecular formula is C17H26F3N5O2S. The summed E-state index contributed by atoms with van der Waals surface area (Å²) in [6, 6.07) is 5.70. The number of sulfonamides is 1. The maximum Gasteiger partial charge on any atom is 0.511 e. The van der Waals surface area contributed by atoms with Crippen LogP contribution in [0.5, 0.6) is 0 Å². The lowest BCUT2D eigenvalue weighted by atomic mass is 9.98. The minimum absolute atomic E-state index is 0.0700. The molecule has 0 aliphatic carbocycles. The van der Waals surface area contributed by atoms with Gasteiger partial charge in [0.15, 0.2) is 5.96 Å². The van der Waals surface area contributed by atoms with Gasteiger partial charge in [0.2, 0.25) is 0 Å². The van der Waals surface area contributed by atoms with Crippen LogP contribution in [0.3, 0.4) is 0 Å². The minimum atomic E-state index is -5.24. The third-order valence-corrected chi connectivity index (χ3v) is 6.08. The largest absolute Gasteiger partial charge is 0.511 e. The second-order valence-corrected chi connectivity index (χ2v) is 8.57. The molecule has 0 amide bonds. The summed E-state index contributed by atoms with van der Waals surface area (Å²) in [7, 11) is -5.24. The predicted molar refractivity (Wildman–Crippen MR) is 101 cm³/mol. The zero-order chi connectivity index (χ0) is 20.8. The third kappa shape index (κ3) is 6.06. The molecule has 7 nitrogen and oxygen atoms in total. The first-order chi connectivity index (χ1) is 13.1. The molecule has 0 bridgehead atoms. The van der Waals surface area contributed by atoms with Crippen LogP contribution in [-0.4, -0.2) is 55.4 Å². The Hall–Kier alpha value is -1.88. The molecule has 11 heteroatoms. The standard InChI is InChI=1S/C17H26F3N5O2S/c1-3-21-16(23-12-15-6-4-5-13(2)24-15)22-11-14-7-9-25(10-8-14)28(26,27)17(18,19)20/h4-6,14H,3,7-12H2,1-2H3,(H2,21,22,23). The van der Waals surface area contributed by atoms with Crippen molar-refractivity contribution in [2.45, 2.75) is 38.7 Å². The van der Waals surface area contributed by atoms with Crippen LogP contribution in [0.2, 0.25) is 0 Å². The molecule has 1 aliphatic rings. The molecule has 0 saturated carbocycles. The molecule has 0 aromatic carbocycles. The van der Waals surface area contributed by atoms with Gasteiger partial charge in [-0.25, -0.2) is 13.4 Å². The minimum Gasteiger partial charge on any atom is -0.357 e. The van der Waals surface area contributed by atoms with E-state index in [-0.39, 0.29) is 19.0 Å². The summed E-state index contributed by atoms with van der Waals surface area (Å²) in [6.07, 6.45) is 0.725. The van der Waals surface area contributed by atoms with E-state index in [2.05, 4.69) is 20.6 Å². The number of pyridine rings is 1. The fourth-order valence-electron chi connectivity index (χ4n) is 2.93. The zero-order valence-corrected chi connectivity index (χ0v) is 16.8. The molecule has 158 valence electrons. The molecule has 2 N–H and O–H groups in total. The third-order valence-electron chi connectivity index (χ3n) is 4.45. The molecule has 1 aliphatic heterocycles. The van der Waals surface area contributed by atoms with Crippen LogP contribution in [0.4, 0.5) is 13.2 Å². The monoisotopic (exact) mass is 421 g/mol. The van der Waals surface area contributed by atoms with Crippen molar-refractivity contribution in [3.05, 3.63) is 29.6 Å². The van der Waals surface area contributed by atoms with Crippen LogP contribution in [-0.2, 0) is 16.6 Å². The molecule has 1 saturated heterocycles. The number of aliphatic imine (C=N–C) groups is 1. The number of nitrogens with one attached hydrogen (secondary N) is 2. The number of hydrogen-bond donors (Lipinski definition) is 2. The first-order valence-electron chi connectivity index (χ1n) is 9.14. The quantitative estimate of drug-likeness (QED) is 0.542. The van der Waals surface area contributed by atoms with Crippen LogP contribution in [0.15, 0.2) is 23.2 Å². The molecule has 0 unspecified atom stereocenters. The Morgan fingerprint density at radius 2 is 1.96 bits per heavy atom. The van der Waals surface area contributed by atoms with Gasteiger partial charge in [-0.2, -0.15) is 17.5 Å². The Balaban J connectivity index is 1.87. The Morgan fingerprint density at radius 1 is 1.29 bits per heavy atom. The highest BCUT2D eigenvalue weighted by molar-refractivity contribution is 7.90. The van der Waals surface area contributed by atoms with Gasteiger partial charge in [-0.1, -0.05) is 6.07 Å². The Kier molecular flexibility index (Phi) is 7.64. The van der Waals surface area contributed by atoms with Crippen molar-refractivity contribution < 1.29 is 21.6 Å². The van der Waals surface area contributed by atoms with E-state index < -0.39 is 15.5 Å². The van der Waals surface area contributed by atoms with Gasteiger partial charge in [-0.15, -0.1) is 0 Å². The van der Waals surface area contributed by atoms with Crippen molar-refractivity contribution in [2.24, 2.45) is 10.9 Å². The first-order valence-corrected chi connectivity index (χ1v) is 10.6. The highest BCUT2D eigenvalue weighted by Crippen LogP contribution is 2.30. The topological polar surface area (TPSA) is 86.7 Å². The molecule has 2 rings (SSSR count). The molecule has 0 radical (unpaired) electrons. The maximum absolute atomic E-state index is 12.6. The molecule has 1 aromatic rings. The summed E-state index contributed by atoms with van der Waals surface area (Å²) in [6.45, 7) is 5.15. The van der Waals surface area contributed by atoms with Gasteiger partial charge in [0.1, 0.15) is 0 Å². The Labute approximate surface area is 163 Å². The molecule has 1 fully saturated rings. The number of aryl methyl sites for hydroxylation is 1. The second-order valence-electron chi connectivity index (χ2n) is 6.64. The average molecular weight is 421 g/mol.